The van der Waals surface area contributed by atoms with E-state index in [1.807, 2.05) is 12.1 Å². The molecule has 0 unspecified atom stereocenters. The molecular formula is C27H36N4O4. The molecule has 1 aliphatic carbocycles. The zero-order valence-electron chi connectivity index (χ0n) is 20.8. The minimum Gasteiger partial charge on any atom is -0.471 e. The van der Waals surface area contributed by atoms with Gasteiger partial charge < -0.3 is 24.4 Å². The van der Waals surface area contributed by atoms with Crippen molar-refractivity contribution in [3.63, 3.8) is 0 Å². The highest BCUT2D eigenvalue weighted by molar-refractivity contribution is 6.00. The van der Waals surface area contributed by atoms with E-state index >= 15 is 0 Å². The van der Waals surface area contributed by atoms with E-state index in [0.29, 0.717) is 42.3 Å². The van der Waals surface area contributed by atoms with Gasteiger partial charge >= 0.3 is 0 Å². The number of hydrogen-bond acceptors (Lipinski definition) is 8. The summed E-state index contributed by atoms with van der Waals surface area (Å²) in [5.41, 5.74) is 3.05. The van der Waals surface area contributed by atoms with Crippen molar-refractivity contribution >= 4 is 17.4 Å². The summed E-state index contributed by atoms with van der Waals surface area (Å²) in [7, 11) is 0. The number of hydrogen-bond donors (Lipinski definition) is 1. The quantitative estimate of drug-likeness (QED) is 0.586. The van der Waals surface area contributed by atoms with Crippen molar-refractivity contribution in [3.05, 3.63) is 30.0 Å². The fourth-order valence-corrected chi connectivity index (χ4v) is 5.12. The second kappa shape index (κ2) is 10.9. The molecule has 188 valence electrons. The molecule has 2 aromatic rings. The zero-order valence-corrected chi connectivity index (χ0v) is 20.8. The monoisotopic (exact) mass is 480 g/mol. The highest BCUT2D eigenvalue weighted by atomic mass is 16.5. The van der Waals surface area contributed by atoms with Crippen molar-refractivity contribution in [2.24, 2.45) is 5.92 Å². The van der Waals surface area contributed by atoms with E-state index in [1.54, 1.807) is 6.92 Å². The van der Waals surface area contributed by atoms with Gasteiger partial charge in [0.1, 0.15) is 11.8 Å². The molecule has 0 bridgehead atoms. The summed E-state index contributed by atoms with van der Waals surface area (Å²) in [6.07, 6.45) is 5.26. The molecular weight excluding hydrogens is 444 g/mol. The summed E-state index contributed by atoms with van der Waals surface area (Å²) >= 11 is 0. The first-order valence-corrected chi connectivity index (χ1v) is 12.9. The van der Waals surface area contributed by atoms with Gasteiger partial charge in [-0.2, -0.15) is 4.98 Å². The normalized spacial score (nSPS) is 24.9. The van der Waals surface area contributed by atoms with Crippen LogP contribution in [0.4, 0.5) is 11.6 Å². The molecule has 2 saturated heterocycles. The van der Waals surface area contributed by atoms with E-state index in [9.17, 15) is 4.79 Å². The van der Waals surface area contributed by atoms with Crippen LogP contribution in [0.3, 0.4) is 0 Å². The summed E-state index contributed by atoms with van der Waals surface area (Å²) in [5, 5.41) is 3.49. The van der Waals surface area contributed by atoms with Gasteiger partial charge in [-0.15, -0.1) is 0 Å². The van der Waals surface area contributed by atoms with E-state index in [0.717, 1.165) is 62.7 Å². The lowest BCUT2D eigenvalue weighted by Gasteiger charge is -2.29. The molecule has 8 heteroatoms. The molecule has 1 aromatic carbocycles. The molecule has 3 aliphatic rings. The van der Waals surface area contributed by atoms with Crippen LogP contribution in [0.15, 0.2) is 24.3 Å². The Labute approximate surface area is 207 Å². The maximum atomic E-state index is 12.8. The lowest BCUT2D eigenvalue weighted by molar-refractivity contribution is 0.101. The van der Waals surface area contributed by atoms with Gasteiger partial charge in [-0.3, -0.25) is 4.79 Å². The van der Waals surface area contributed by atoms with Crippen LogP contribution in [0.5, 0.6) is 5.88 Å². The fourth-order valence-electron chi connectivity index (χ4n) is 5.12. The number of carbonyl (C=O) groups excluding carboxylic acids is 1. The third kappa shape index (κ3) is 5.76. The van der Waals surface area contributed by atoms with Crippen LogP contribution in [0.1, 0.15) is 56.4 Å². The van der Waals surface area contributed by atoms with E-state index in [4.69, 9.17) is 24.2 Å². The van der Waals surface area contributed by atoms with Crippen molar-refractivity contribution in [1.29, 1.82) is 0 Å². The van der Waals surface area contributed by atoms with Gasteiger partial charge in [0.05, 0.1) is 32.0 Å². The Morgan fingerprint density at radius 1 is 1.00 bits per heavy atom. The molecule has 5 rings (SSSR count). The number of ketones is 1. The van der Waals surface area contributed by atoms with Crippen LogP contribution in [0.25, 0.3) is 11.1 Å². The Balaban J connectivity index is 1.48. The zero-order chi connectivity index (χ0) is 24.2. The van der Waals surface area contributed by atoms with E-state index in [-0.39, 0.29) is 11.9 Å². The molecule has 35 heavy (non-hydrogen) atoms. The average molecular weight is 481 g/mol. The number of carbonyl (C=O) groups is 1. The van der Waals surface area contributed by atoms with Crippen molar-refractivity contribution < 1.29 is 19.0 Å². The van der Waals surface area contributed by atoms with Gasteiger partial charge in [-0.1, -0.05) is 19.1 Å². The van der Waals surface area contributed by atoms with Crippen LogP contribution in [0, 0.1) is 5.92 Å². The Morgan fingerprint density at radius 2 is 1.74 bits per heavy atom. The maximum Gasteiger partial charge on any atom is 0.227 e. The first kappa shape index (κ1) is 24.0. The third-order valence-corrected chi connectivity index (χ3v) is 7.26. The lowest BCUT2D eigenvalue weighted by Crippen LogP contribution is -2.36. The van der Waals surface area contributed by atoms with Gasteiger partial charge in [0.15, 0.2) is 5.78 Å². The fraction of sp³-hybridized carbons (Fsp3) is 0.593. The van der Waals surface area contributed by atoms with Crippen LogP contribution in [-0.4, -0.2) is 67.4 Å². The van der Waals surface area contributed by atoms with E-state index < -0.39 is 0 Å². The number of Topliss-reactive ketones (excluding diaryl/α,β-unsaturated/α-hetero) is 1. The largest absolute Gasteiger partial charge is 0.471 e. The summed E-state index contributed by atoms with van der Waals surface area (Å²) in [6.45, 7) is 8.27. The molecule has 8 nitrogen and oxygen atoms in total. The summed E-state index contributed by atoms with van der Waals surface area (Å²) < 4.78 is 17.4. The first-order valence-electron chi connectivity index (χ1n) is 12.9. The van der Waals surface area contributed by atoms with Crippen LogP contribution in [-0.2, 0) is 9.47 Å². The molecule has 0 radical (unpaired) electrons. The molecule has 0 spiro atoms. The number of benzene rings is 1. The first-order chi connectivity index (χ1) is 17.1. The summed E-state index contributed by atoms with van der Waals surface area (Å²) in [4.78, 5) is 24.6. The standard InChI is InChI=1S/C27H36N4O4/c1-18-3-7-21(8-4-18)28-27-29-25(19(2)32)24(26(30-27)35-23-11-14-34-17-23)20-5-9-22(10-6-20)31-12-15-33-16-13-31/h5-6,9-10,18,21,23H,3-4,7-8,11-17H2,1-2H3,(H,28,29,30)/t18?,21?,23-/m1/s1. The summed E-state index contributed by atoms with van der Waals surface area (Å²) in [5.74, 6) is 1.57. The highest BCUT2D eigenvalue weighted by Crippen LogP contribution is 2.36. The number of nitrogens with one attached hydrogen (secondary N) is 1. The molecule has 0 amide bonds. The molecule has 3 fully saturated rings. The van der Waals surface area contributed by atoms with Crippen LogP contribution < -0.4 is 15.0 Å². The van der Waals surface area contributed by atoms with Crippen LogP contribution in [0.2, 0.25) is 0 Å². The minimum atomic E-state index is -0.104. The predicted octanol–water partition coefficient (Wildman–Crippen LogP) is 4.34. The molecule has 1 aromatic heterocycles. The smallest absolute Gasteiger partial charge is 0.227 e. The minimum absolute atomic E-state index is 0.0838. The van der Waals surface area contributed by atoms with Crippen LogP contribution >= 0.6 is 0 Å². The Kier molecular flexibility index (Phi) is 7.48. The van der Waals surface area contributed by atoms with Crippen molar-refractivity contribution in [2.45, 2.75) is 58.1 Å². The number of anilines is 2. The van der Waals surface area contributed by atoms with Crippen molar-refractivity contribution in [2.75, 3.05) is 49.7 Å². The molecule has 1 atom stereocenters. The molecule has 2 aliphatic heterocycles. The second-order valence-electron chi connectivity index (χ2n) is 9.98. The van der Waals surface area contributed by atoms with E-state index in [1.165, 1.54) is 12.8 Å². The Hall–Kier alpha value is -2.71. The SMILES string of the molecule is CC(=O)c1nc(NC2CCC(C)CC2)nc(O[C@@H]2CCOC2)c1-c1ccc(N2CCOCC2)cc1. The average Bonchev–Trinajstić information content (AvgIpc) is 3.39. The topological polar surface area (TPSA) is 85.8 Å². The number of morpholine rings is 1. The second-order valence-corrected chi connectivity index (χ2v) is 9.98. The number of nitrogens with zero attached hydrogens (tertiary/aromatic N) is 3. The van der Waals surface area contributed by atoms with E-state index in [2.05, 4.69) is 29.3 Å². The Morgan fingerprint density at radius 3 is 2.40 bits per heavy atom. The summed E-state index contributed by atoms with van der Waals surface area (Å²) in [6, 6.07) is 8.55. The molecule has 1 N–H and O–H groups in total. The van der Waals surface area contributed by atoms with Crippen molar-refractivity contribution in [3.8, 4) is 17.0 Å². The number of ether oxygens (including phenoxy) is 3. The maximum absolute atomic E-state index is 12.8. The molecule has 3 heterocycles. The van der Waals surface area contributed by atoms with Gasteiger partial charge in [0, 0.05) is 38.2 Å². The number of rotatable bonds is 7. The van der Waals surface area contributed by atoms with Gasteiger partial charge in [-0.25, -0.2) is 4.98 Å². The number of aromatic nitrogens is 2. The molecule has 1 saturated carbocycles. The lowest BCUT2D eigenvalue weighted by atomic mass is 9.87. The Bertz CT molecular complexity index is 1010. The van der Waals surface area contributed by atoms with Gasteiger partial charge in [0.2, 0.25) is 11.8 Å². The predicted molar refractivity (Wildman–Crippen MR) is 135 cm³/mol. The van der Waals surface area contributed by atoms with Gasteiger partial charge in [0.25, 0.3) is 0 Å². The highest BCUT2D eigenvalue weighted by Gasteiger charge is 2.27. The van der Waals surface area contributed by atoms with Gasteiger partial charge in [-0.05, 0) is 49.3 Å². The third-order valence-electron chi connectivity index (χ3n) is 7.26. The van der Waals surface area contributed by atoms with Crippen molar-refractivity contribution in [1.82, 2.24) is 9.97 Å².